The Labute approximate surface area is 90.2 Å². The molecule has 3 nitrogen and oxygen atoms in total. The van der Waals surface area contributed by atoms with E-state index in [1.807, 2.05) is 18.7 Å². The monoisotopic (exact) mass is 216 g/mol. The number of nitrogens with one attached hydrogen (secondary N) is 1. The first-order valence-corrected chi connectivity index (χ1v) is 6.37. The van der Waals surface area contributed by atoms with E-state index in [-0.39, 0.29) is 11.8 Å². The van der Waals surface area contributed by atoms with E-state index in [4.69, 9.17) is 5.73 Å². The van der Waals surface area contributed by atoms with E-state index >= 15 is 0 Å². The third-order valence-electron chi connectivity index (χ3n) is 3.08. The maximum absolute atomic E-state index is 10.8. The van der Waals surface area contributed by atoms with Crippen LogP contribution in [0.2, 0.25) is 0 Å². The highest BCUT2D eigenvalue weighted by Gasteiger charge is 2.35. The van der Waals surface area contributed by atoms with Gasteiger partial charge in [0.25, 0.3) is 0 Å². The fourth-order valence-corrected chi connectivity index (χ4v) is 2.58. The molecule has 0 saturated heterocycles. The van der Waals surface area contributed by atoms with E-state index in [1.165, 1.54) is 19.3 Å². The highest BCUT2D eigenvalue weighted by molar-refractivity contribution is 8.00. The average molecular weight is 216 g/mol. The molecule has 1 unspecified atom stereocenters. The van der Waals surface area contributed by atoms with Gasteiger partial charge in [-0.3, -0.25) is 4.79 Å². The molecule has 0 aliphatic heterocycles. The molecule has 1 fully saturated rings. The van der Waals surface area contributed by atoms with Gasteiger partial charge in [-0.2, -0.15) is 11.8 Å². The summed E-state index contributed by atoms with van der Waals surface area (Å²) in [5.41, 5.74) is 5.18. The van der Waals surface area contributed by atoms with Gasteiger partial charge in [0.1, 0.15) is 0 Å². The van der Waals surface area contributed by atoms with Crippen LogP contribution in [0.4, 0.5) is 0 Å². The van der Waals surface area contributed by atoms with Crippen molar-refractivity contribution in [3.05, 3.63) is 0 Å². The van der Waals surface area contributed by atoms with Crippen molar-refractivity contribution in [2.24, 2.45) is 11.7 Å². The van der Waals surface area contributed by atoms with Crippen molar-refractivity contribution >= 4 is 17.7 Å². The van der Waals surface area contributed by atoms with Gasteiger partial charge in [-0.1, -0.05) is 13.3 Å². The molecule has 0 aromatic rings. The summed E-state index contributed by atoms with van der Waals surface area (Å²) in [5, 5.41) is 3.34. The molecule has 1 aliphatic rings. The maximum atomic E-state index is 10.8. The summed E-state index contributed by atoms with van der Waals surface area (Å²) in [6.45, 7) is 3.57. The van der Waals surface area contributed by atoms with E-state index in [2.05, 4.69) is 11.6 Å². The molecule has 0 aromatic carbocycles. The molecule has 3 N–H and O–H groups in total. The number of rotatable bonds is 6. The van der Waals surface area contributed by atoms with Crippen molar-refractivity contribution in [2.75, 3.05) is 19.3 Å². The molecule has 0 bridgehead atoms. The highest BCUT2D eigenvalue weighted by atomic mass is 32.2. The summed E-state index contributed by atoms with van der Waals surface area (Å²) < 4.78 is 0.442. The number of carbonyl (C=O) groups is 1. The minimum Gasteiger partial charge on any atom is -0.369 e. The number of carbonyl (C=O) groups excluding carboxylic acids is 1. The summed E-state index contributed by atoms with van der Waals surface area (Å²) in [7, 11) is 0. The number of amides is 1. The maximum Gasteiger partial charge on any atom is 0.221 e. The van der Waals surface area contributed by atoms with Crippen molar-refractivity contribution in [1.29, 1.82) is 0 Å². The Balaban J connectivity index is 2.17. The van der Waals surface area contributed by atoms with Gasteiger partial charge in [-0.05, 0) is 19.1 Å². The van der Waals surface area contributed by atoms with Gasteiger partial charge >= 0.3 is 0 Å². The first-order chi connectivity index (χ1) is 6.59. The summed E-state index contributed by atoms with van der Waals surface area (Å²) >= 11 is 1.94. The molecular formula is C10H20N2OS. The van der Waals surface area contributed by atoms with Crippen LogP contribution in [0.5, 0.6) is 0 Å². The van der Waals surface area contributed by atoms with Gasteiger partial charge in [0.15, 0.2) is 0 Å². The van der Waals surface area contributed by atoms with E-state index < -0.39 is 0 Å². The molecule has 1 aliphatic carbocycles. The lowest BCUT2D eigenvalue weighted by atomic mass is 9.84. The number of nitrogens with two attached hydrogens (primary N) is 1. The second kappa shape index (κ2) is 5.03. The summed E-state index contributed by atoms with van der Waals surface area (Å²) in [4.78, 5) is 10.8. The van der Waals surface area contributed by atoms with Crippen LogP contribution in [-0.4, -0.2) is 30.0 Å². The number of primary amides is 1. The van der Waals surface area contributed by atoms with Gasteiger partial charge in [0.2, 0.25) is 5.91 Å². The Morgan fingerprint density at radius 2 is 2.29 bits per heavy atom. The first kappa shape index (κ1) is 11.9. The van der Waals surface area contributed by atoms with E-state index in [1.54, 1.807) is 0 Å². The topological polar surface area (TPSA) is 55.1 Å². The first-order valence-electron chi connectivity index (χ1n) is 5.15. The molecule has 0 spiro atoms. The van der Waals surface area contributed by atoms with Crippen LogP contribution in [0, 0.1) is 5.92 Å². The molecule has 0 heterocycles. The predicted octanol–water partition coefficient (Wildman–Crippen LogP) is 0.983. The lowest BCUT2D eigenvalue weighted by molar-refractivity contribution is -0.121. The van der Waals surface area contributed by atoms with Crippen molar-refractivity contribution in [2.45, 2.75) is 30.9 Å². The van der Waals surface area contributed by atoms with Crippen molar-refractivity contribution in [3.63, 3.8) is 0 Å². The third kappa shape index (κ3) is 2.89. The zero-order valence-corrected chi connectivity index (χ0v) is 9.82. The van der Waals surface area contributed by atoms with Crippen molar-refractivity contribution in [1.82, 2.24) is 5.32 Å². The van der Waals surface area contributed by atoms with Crippen LogP contribution < -0.4 is 11.1 Å². The quantitative estimate of drug-likeness (QED) is 0.696. The van der Waals surface area contributed by atoms with Crippen LogP contribution in [-0.2, 0) is 4.79 Å². The van der Waals surface area contributed by atoms with Crippen LogP contribution in [0.3, 0.4) is 0 Å². The van der Waals surface area contributed by atoms with Crippen molar-refractivity contribution < 1.29 is 4.79 Å². The van der Waals surface area contributed by atoms with Crippen molar-refractivity contribution in [3.8, 4) is 0 Å². The lowest BCUT2D eigenvalue weighted by Crippen LogP contribution is -2.45. The summed E-state index contributed by atoms with van der Waals surface area (Å²) in [5.74, 6) is -0.279. The van der Waals surface area contributed by atoms with Gasteiger partial charge in [-0.15, -0.1) is 0 Å². The molecule has 1 rings (SSSR count). The molecular weight excluding hydrogens is 196 g/mol. The zero-order valence-electron chi connectivity index (χ0n) is 9.01. The molecule has 0 radical (unpaired) electrons. The van der Waals surface area contributed by atoms with Crippen LogP contribution in [0.25, 0.3) is 0 Å². The Morgan fingerprint density at radius 3 is 2.64 bits per heavy atom. The standard InChI is InChI=1S/C10H20N2OS/c1-8(9(11)13)6-12-7-10(14-2)4-3-5-10/h8,12H,3-7H2,1-2H3,(H2,11,13). The Kier molecular flexibility index (Phi) is 4.26. The van der Waals surface area contributed by atoms with Gasteiger partial charge in [0.05, 0.1) is 0 Å². The molecule has 0 aromatic heterocycles. The van der Waals surface area contributed by atoms with E-state index in [0.29, 0.717) is 11.3 Å². The normalized spacial score (nSPS) is 21.3. The Morgan fingerprint density at radius 1 is 1.64 bits per heavy atom. The summed E-state index contributed by atoms with van der Waals surface area (Å²) in [6.07, 6.45) is 6.10. The van der Waals surface area contributed by atoms with E-state index in [0.717, 1.165) is 6.54 Å². The molecule has 82 valence electrons. The highest BCUT2D eigenvalue weighted by Crippen LogP contribution is 2.42. The zero-order chi connectivity index (χ0) is 10.6. The molecule has 14 heavy (non-hydrogen) atoms. The Hall–Kier alpha value is -0.220. The molecule has 1 atom stereocenters. The fraction of sp³-hybridized carbons (Fsp3) is 0.900. The number of hydrogen-bond donors (Lipinski definition) is 2. The van der Waals surface area contributed by atoms with E-state index in [9.17, 15) is 4.79 Å². The third-order valence-corrected chi connectivity index (χ3v) is 4.50. The average Bonchev–Trinajstić information content (AvgIpc) is 2.09. The molecule has 1 amide bonds. The number of hydrogen-bond acceptors (Lipinski definition) is 3. The van der Waals surface area contributed by atoms with Crippen LogP contribution >= 0.6 is 11.8 Å². The fourth-order valence-electron chi connectivity index (χ4n) is 1.64. The predicted molar refractivity (Wildman–Crippen MR) is 61.3 cm³/mol. The van der Waals surface area contributed by atoms with Crippen LogP contribution in [0.15, 0.2) is 0 Å². The Bertz CT molecular complexity index is 199. The van der Waals surface area contributed by atoms with Gasteiger partial charge < -0.3 is 11.1 Å². The minimum absolute atomic E-state index is 0.0611. The minimum atomic E-state index is -0.218. The number of thioether (sulfide) groups is 1. The smallest absolute Gasteiger partial charge is 0.221 e. The second-order valence-corrected chi connectivity index (χ2v) is 5.45. The van der Waals surface area contributed by atoms with Gasteiger partial charge in [-0.25, -0.2) is 0 Å². The molecule has 1 saturated carbocycles. The van der Waals surface area contributed by atoms with Gasteiger partial charge in [0, 0.05) is 23.8 Å². The lowest BCUT2D eigenvalue weighted by Gasteiger charge is -2.40. The SMILES string of the molecule is CSC1(CNCC(C)C(N)=O)CCC1. The summed E-state index contributed by atoms with van der Waals surface area (Å²) in [6, 6.07) is 0. The second-order valence-electron chi connectivity index (χ2n) is 4.18. The largest absolute Gasteiger partial charge is 0.369 e. The van der Waals surface area contributed by atoms with Crippen LogP contribution in [0.1, 0.15) is 26.2 Å². The molecule has 4 heteroatoms.